The molecule has 10 heteroatoms. The van der Waals surface area contributed by atoms with Crippen LogP contribution in [-0.2, 0) is 4.79 Å². The third-order valence-electron chi connectivity index (χ3n) is 7.77. The Balaban J connectivity index is 1.73. The number of amides is 3. The van der Waals surface area contributed by atoms with E-state index in [0.717, 1.165) is 5.56 Å². The van der Waals surface area contributed by atoms with Crippen LogP contribution >= 0.6 is 11.6 Å². The Morgan fingerprint density at radius 2 is 2.07 bits per heavy atom. The molecule has 3 amide bonds. The molecule has 3 aliphatic rings. The van der Waals surface area contributed by atoms with Crippen LogP contribution in [0.1, 0.15) is 49.9 Å². The van der Waals surface area contributed by atoms with E-state index in [2.05, 4.69) is 18.3 Å². The minimum Gasteiger partial charge on any atom is -0.497 e. The monoisotopic (exact) mass is 587 g/mol. The van der Waals surface area contributed by atoms with Crippen molar-refractivity contribution in [2.24, 2.45) is 10.4 Å². The van der Waals surface area contributed by atoms with Gasteiger partial charge in [0.25, 0.3) is 0 Å². The van der Waals surface area contributed by atoms with E-state index in [1.165, 1.54) is 0 Å². The second kappa shape index (κ2) is 11.9. The van der Waals surface area contributed by atoms with Crippen LogP contribution in [0.2, 0.25) is 0 Å². The molecule has 3 atom stereocenters. The van der Waals surface area contributed by atoms with Gasteiger partial charge in [-0.2, -0.15) is 5.26 Å². The van der Waals surface area contributed by atoms with Crippen molar-refractivity contribution in [3.05, 3.63) is 82.4 Å². The Morgan fingerprint density at radius 1 is 1.26 bits per heavy atom. The van der Waals surface area contributed by atoms with Crippen LogP contribution in [0.25, 0.3) is 0 Å². The molecule has 42 heavy (non-hydrogen) atoms. The van der Waals surface area contributed by atoms with Gasteiger partial charge in [0, 0.05) is 23.5 Å². The van der Waals surface area contributed by atoms with Gasteiger partial charge < -0.3 is 19.7 Å². The van der Waals surface area contributed by atoms with Gasteiger partial charge in [-0.1, -0.05) is 42.8 Å². The molecular weight excluding hydrogens is 554 g/mol. The normalized spacial score (nSPS) is 23.7. The number of aliphatic imine (C=N–C) groups is 1. The zero-order valence-electron chi connectivity index (χ0n) is 24.1. The summed E-state index contributed by atoms with van der Waals surface area (Å²) < 4.78 is 11.7. The predicted molar refractivity (Wildman–Crippen MR) is 161 cm³/mol. The molecule has 1 N–H and O–H groups in total. The lowest BCUT2D eigenvalue weighted by atomic mass is 9.72. The number of nitrogens with zero attached hydrogens (tertiary/aromatic N) is 4. The molecule has 1 saturated heterocycles. The first-order valence-corrected chi connectivity index (χ1v) is 14.3. The van der Waals surface area contributed by atoms with Crippen molar-refractivity contribution >= 4 is 29.4 Å². The smallest absolute Gasteiger partial charge is 0.326 e. The number of piperazine rings is 1. The van der Waals surface area contributed by atoms with E-state index in [1.807, 2.05) is 56.3 Å². The average Bonchev–Trinajstić information content (AvgIpc) is 3.39. The molecule has 218 valence electrons. The first-order chi connectivity index (χ1) is 20.1. The van der Waals surface area contributed by atoms with Crippen LogP contribution in [0.5, 0.6) is 11.5 Å². The van der Waals surface area contributed by atoms with E-state index in [-0.39, 0.29) is 24.6 Å². The fourth-order valence-electron chi connectivity index (χ4n) is 5.71. The molecule has 0 bridgehead atoms. The summed E-state index contributed by atoms with van der Waals surface area (Å²) >= 11 is 6.36. The Bertz CT molecular complexity index is 1530. The molecule has 2 aromatic carbocycles. The van der Waals surface area contributed by atoms with Crippen LogP contribution in [-0.4, -0.2) is 66.5 Å². The number of allylic oxidation sites excluding steroid dienone is 3. The number of nitrogens with one attached hydrogen (secondary N) is 1. The van der Waals surface area contributed by atoms with E-state index < -0.39 is 17.5 Å². The predicted octanol–water partition coefficient (Wildman–Crippen LogP) is 5.17. The van der Waals surface area contributed by atoms with Gasteiger partial charge in [0.15, 0.2) is 0 Å². The van der Waals surface area contributed by atoms with Crippen molar-refractivity contribution in [1.82, 2.24) is 15.1 Å². The van der Waals surface area contributed by atoms with Gasteiger partial charge in [0.2, 0.25) is 5.91 Å². The zero-order valence-corrected chi connectivity index (χ0v) is 24.9. The number of nitriles is 1. The van der Waals surface area contributed by atoms with Crippen LogP contribution in [0.3, 0.4) is 0 Å². The lowest BCUT2D eigenvalue weighted by Crippen LogP contribution is -2.59. The highest BCUT2D eigenvalue weighted by Gasteiger charge is 2.51. The molecule has 0 aromatic heterocycles. The van der Waals surface area contributed by atoms with Crippen molar-refractivity contribution in [1.29, 1.82) is 5.26 Å². The number of hydrogen-bond acceptors (Lipinski definition) is 6. The van der Waals surface area contributed by atoms with E-state index in [4.69, 9.17) is 26.1 Å². The first kappa shape index (κ1) is 29.2. The van der Waals surface area contributed by atoms with E-state index in [1.54, 1.807) is 35.1 Å². The molecule has 2 heterocycles. The van der Waals surface area contributed by atoms with Crippen molar-refractivity contribution < 1.29 is 19.1 Å². The van der Waals surface area contributed by atoms with Gasteiger partial charge in [0.05, 0.1) is 42.5 Å². The van der Waals surface area contributed by atoms with Gasteiger partial charge in [0.1, 0.15) is 23.9 Å². The summed E-state index contributed by atoms with van der Waals surface area (Å²) in [5.41, 5.74) is 1.32. The maximum absolute atomic E-state index is 14.6. The highest BCUT2D eigenvalue weighted by atomic mass is 35.5. The van der Waals surface area contributed by atoms with Crippen LogP contribution in [0.4, 0.5) is 4.79 Å². The number of carbonyl (C=O) groups is 2. The van der Waals surface area contributed by atoms with Gasteiger partial charge in [-0.15, -0.1) is 0 Å². The zero-order chi connectivity index (χ0) is 30.0. The van der Waals surface area contributed by atoms with Gasteiger partial charge in [-0.3, -0.25) is 14.7 Å². The van der Waals surface area contributed by atoms with Gasteiger partial charge >= 0.3 is 6.03 Å². The Hall–Kier alpha value is -4.29. The summed E-state index contributed by atoms with van der Waals surface area (Å²) in [7, 11) is 1.61. The first-order valence-electron chi connectivity index (χ1n) is 14.0. The Morgan fingerprint density at radius 3 is 2.74 bits per heavy atom. The molecule has 0 spiro atoms. The number of methoxy groups -OCH3 is 1. The Labute approximate surface area is 251 Å². The number of hydrogen-bond donors (Lipinski definition) is 1. The summed E-state index contributed by atoms with van der Waals surface area (Å²) in [5, 5.41) is 13.0. The van der Waals surface area contributed by atoms with E-state index in [9.17, 15) is 14.9 Å². The summed E-state index contributed by atoms with van der Waals surface area (Å²) in [6.07, 6.45) is 6.24. The molecule has 9 nitrogen and oxygen atoms in total. The quantitative estimate of drug-likeness (QED) is 0.502. The van der Waals surface area contributed by atoms with Crippen molar-refractivity contribution in [2.45, 2.75) is 45.4 Å². The molecule has 5 rings (SSSR count). The molecule has 1 fully saturated rings. The minimum atomic E-state index is -0.573. The largest absolute Gasteiger partial charge is 0.497 e. The highest BCUT2D eigenvalue weighted by Crippen LogP contribution is 2.48. The minimum absolute atomic E-state index is 0.0554. The summed E-state index contributed by atoms with van der Waals surface area (Å²) in [6, 6.07) is 13.7. The fraction of sp³-hybridized carbons (Fsp3) is 0.375. The molecule has 0 radical (unpaired) electrons. The topological polar surface area (TPSA) is 107 Å². The maximum Gasteiger partial charge on any atom is 0.326 e. The number of amidine groups is 1. The molecular formula is C32H34ClN5O4. The van der Waals surface area contributed by atoms with Crippen LogP contribution in [0, 0.1) is 16.7 Å². The van der Waals surface area contributed by atoms with Crippen molar-refractivity contribution in [2.75, 3.05) is 26.7 Å². The number of benzene rings is 2. The van der Waals surface area contributed by atoms with Crippen molar-refractivity contribution in [3.8, 4) is 17.6 Å². The average molecular weight is 588 g/mol. The number of carbonyl (C=O) groups excluding carboxylic acids is 2. The molecule has 0 saturated carbocycles. The number of ether oxygens (including phenoxy) is 2. The van der Waals surface area contributed by atoms with Crippen LogP contribution in [0.15, 0.2) is 70.7 Å². The molecule has 3 unspecified atom stereocenters. The molecule has 1 aliphatic carbocycles. The lowest BCUT2D eigenvalue weighted by Gasteiger charge is -2.43. The number of rotatable bonds is 6. The number of halogens is 1. The summed E-state index contributed by atoms with van der Waals surface area (Å²) in [6.45, 7) is 6.57. The SMILES string of the molecule is COc1cccc(C2N=C(c3ccc(C#N)cc3OC(C)C)N(C(=O)N3CCNC(=O)C3)C2C2(C)C=CC(Cl)=CC2)c1. The Kier molecular flexibility index (Phi) is 8.28. The second-order valence-corrected chi connectivity index (χ2v) is 11.6. The molecule has 2 aliphatic heterocycles. The van der Waals surface area contributed by atoms with Gasteiger partial charge in [-0.25, -0.2) is 4.79 Å². The van der Waals surface area contributed by atoms with E-state index >= 15 is 0 Å². The van der Waals surface area contributed by atoms with Gasteiger partial charge in [-0.05, 0) is 62.2 Å². The standard InChI is InChI=1S/C32H34ClN5O4/c1-20(2)42-26-16-21(18-34)8-9-25(26)30-36-28(22-6-5-7-24(17-22)41-4)29(32(3)12-10-23(33)11-13-32)38(30)31(40)37-15-14-35-27(39)19-37/h5-12,16-17,20,28-29H,13-15,19H2,1-4H3,(H,35,39). The maximum atomic E-state index is 14.6. The highest BCUT2D eigenvalue weighted by molar-refractivity contribution is 6.31. The summed E-state index contributed by atoms with van der Waals surface area (Å²) in [4.78, 5) is 35.5. The third kappa shape index (κ3) is 5.72. The fourth-order valence-corrected chi connectivity index (χ4v) is 5.85. The number of urea groups is 1. The molecule has 2 aromatic rings. The summed E-state index contributed by atoms with van der Waals surface area (Å²) in [5.74, 6) is 1.33. The lowest BCUT2D eigenvalue weighted by molar-refractivity contribution is -0.123. The third-order valence-corrected chi connectivity index (χ3v) is 8.05. The van der Waals surface area contributed by atoms with Crippen LogP contribution < -0.4 is 14.8 Å². The van der Waals surface area contributed by atoms with Crippen molar-refractivity contribution in [3.63, 3.8) is 0 Å². The van der Waals surface area contributed by atoms with E-state index in [0.29, 0.717) is 53.0 Å². The second-order valence-electron chi connectivity index (χ2n) is 11.2.